The van der Waals surface area contributed by atoms with Crippen LogP contribution in [0, 0.1) is 17.8 Å². The Morgan fingerprint density at radius 3 is 2.60 bits per heavy atom. The van der Waals surface area contributed by atoms with Crippen LogP contribution < -0.4 is 4.90 Å². The molecule has 2 heterocycles. The predicted octanol–water partition coefficient (Wildman–Crippen LogP) is 1.81. The lowest BCUT2D eigenvalue weighted by atomic mass is 9.93. The molecular weight excluding hydrogens is 248 g/mol. The Morgan fingerprint density at radius 2 is 1.95 bits per heavy atom. The first-order valence-electron chi connectivity index (χ1n) is 7.80. The summed E-state index contributed by atoms with van der Waals surface area (Å²) in [6, 6.07) is 0. The molecule has 0 N–H and O–H groups in total. The van der Waals surface area contributed by atoms with E-state index >= 15 is 0 Å². The third kappa shape index (κ3) is 2.33. The molecule has 0 amide bonds. The van der Waals surface area contributed by atoms with Gasteiger partial charge in [0.25, 0.3) is 0 Å². The molecule has 1 aromatic heterocycles. The van der Waals surface area contributed by atoms with Crippen LogP contribution in [0.2, 0.25) is 0 Å². The fraction of sp³-hybridized carbons (Fsp3) is 0.625. The minimum atomic E-state index is 0.873. The highest BCUT2D eigenvalue weighted by Gasteiger charge is 2.36. The van der Waals surface area contributed by atoms with E-state index in [1.54, 1.807) is 12.4 Å². The quantitative estimate of drug-likeness (QED) is 0.784. The van der Waals surface area contributed by atoms with Crippen LogP contribution in [0.5, 0.6) is 0 Å². The predicted molar refractivity (Wildman–Crippen MR) is 79.5 cm³/mol. The van der Waals surface area contributed by atoms with Gasteiger partial charge >= 0.3 is 0 Å². The van der Waals surface area contributed by atoms with Gasteiger partial charge < -0.3 is 4.90 Å². The molecule has 1 saturated heterocycles. The average Bonchev–Trinajstić information content (AvgIpc) is 3.12. The van der Waals surface area contributed by atoms with E-state index in [4.69, 9.17) is 0 Å². The van der Waals surface area contributed by atoms with Gasteiger partial charge in [-0.2, -0.15) is 0 Å². The SMILES string of the molecule is C1=C[C@H]2C[C@H]1C[C@H]2CN1CCN(c2cnccn2)CC1. The first kappa shape index (κ1) is 12.3. The van der Waals surface area contributed by atoms with Gasteiger partial charge in [0.05, 0.1) is 6.20 Å². The van der Waals surface area contributed by atoms with Crippen molar-refractivity contribution < 1.29 is 0 Å². The zero-order valence-corrected chi connectivity index (χ0v) is 11.9. The topological polar surface area (TPSA) is 32.3 Å². The van der Waals surface area contributed by atoms with Crippen LogP contribution in [0.15, 0.2) is 30.7 Å². The van der Waals surface area contributed by atoms with E-state index in [2.05, 4.69) is 31.9 Å². The second-order valence-corrected chi connectivity index (χ2v) is 6.39. The van der Waals surface area contributed by atoms with Gasteiger partial charge in [-0.15, -0.1) is 0 Å². The molecule has 1 aliphatic heterocycles. The molecule has 106 valence electrons. The van der Waals surface area contributed by atoms with Gasteiger partial charge in [0.1, 0.15) is 5.82 Å². The van der Waals surface area contributed by atoms with Crippen LogP contribution in [0.1, 0.15) is 12.8 Å². The standard InChI is InChI=1S/C16H22N4/c1-2-14-9-13(1)10-15(14)12-19-5-7-20(8-6-19)16-11-17-3-4-18-16/h1-4,11,13-15H,5-10,12H2/t13-,14-,15-/m0/s1. The maximum Gasteiger partial charge on any atom is 0.147 e. The normalized spacial score (nSPS) is 33.0. The number of aromatic nitrogens is 2. The summed E-state index contributed by atoms with van der Waals surface area (Å²) in [5.74, 6) is 3.70. The van der Waals surface area contributed by atoms with Gasteiger partial charge in [0.2, 0.25) is 0 Å². The van der Waals surface area contributed by atoms with E-state index in [9.17, 15) is 0 Å². The van der Waals surface area contributed by atoms with E-state index in [1.807, 2.05) is 6.20 Å². The minimum Gasteiger partial charge on any atom is -0.353 e. The van der Waals surface area contributed by atoms with Crippen molar-refractivity contribution >= 4 is 5.82 Å². The van der Waals surface area contributed by atoms with Gasteiger partial charge in [-0.3, -0.25) is 9.88 Å². The zero-order chi connectivity index (χ0) is 13.4. The van der Waals surface area contributed by atoms with Crippen LogP contribution in [0.4, 0.5) is 5.82 Å². The Kier molecular flexibility index (Phi) is 3.19. The molecule has 0 spiro atoms. The van der Waals surface area contributed by atoms with Crippen molar-refractivity contribution in [3.8, 4) is 0 Å². The van der Waals surface area contributed by atoms with Crippen molar-refractivity contribution in [2.45, 2.75) is 12.8 Å². The average molecular weight is 270 g/mol. The number of piperazine rings is 1. The first-order chi connectivity index (χ1) is 9.88. The monoisotopic (exact) mass is 270 g/mol. The van der Waals surface area contributed by atoms with Crippen molar-refractivity contribution in [2.75, 3.05) is 37.6 Å². The Bertz CT molecular complexity index is 479. The number of anilines is 1. The molecule has 2 bridgehead atoms. The smallest absolute Gasteiger partial charge is 0.147 e. The molecule has 3 aliphatic rings. The lowest BCUT2D eigenvalue weighted by Gasteiger charge is -2.37. The highest BCUT2D eigenvalue weighted by molar-refractivity contribution is 5.35. The summed E-state index contributed by atoms with van der Waals surface area (Å²) >= 11 is 0. The van der Waals surface area contributed by atoms with E-state index in [0.717, 1.165) is 49.8 Å². The Balaban J connectivity index is 1.31. The molecule has 0 unspecified atom stereocenters. The van der Waals surface area contributed by atoms with E-state index in [-0.39, 0.29) is 0 Å². The third-order valence-electron chi connectivity index (χ3n) is 5.15. The number of nitrogens with zero attached hydrogens (tertiary/aromatic N) is 4. The molecule has 4 heteroatoms. The molecule has 0 radical (unpaired) electrons. The Hall–Kier alpha value is -1.42. The van der Waals surface area contributed by atoms with Crippen molar-refractivity contribution in [1.29, 1.82) is 0 Å². The van der Waals surface area contributed by atoms with Crippen molar-refractivity contribution in [3.05, 3.63) is 30.7 Å². The molecule has 4 rings (SSSR count). The van der Waals surface area contributed by atoms with Crippen LogP contribution >= 0.6 is 0 Å². The van der Waals surface area contributed by atoms with Crippen LogP contribution in [0.3, 0.4) is 0 Å². The zero-order valence-electron chi connectivity index (χ0n) is 11.9. The molecule has 2 aliphatic carbocycles. The maximum absolute atomic E-state index is 4.40. The highest BCUT2D eigenvalue weighted by atomic mass is 15.3. The molecule has 1 saturated carbocycles. The third-order valence-corrected chi connectivity index (χ3v) is 5.15. The molecular formula is C16H22N4. The van der Waals surface area contributed by atoms with Gasteiger partial charge in [-0.25, -0.2) is 4.98 Å². The van der Waals surface area contributed by atoms with E-state index in [0.29, 0.717) is 0 Å². The van der Waals surface area contributed by atoms with Gasteiger partial charge in [-0.05, 0) is 30.6 Å². The van der Waals surface area contributed by atoms with Crippen molar-refractivity contribution in [1.82, 2.24) is 14.9 Å². The molecule has 3 atom stereocenters. The number of rotatable bonds is 3. The fourth-order valence-corrected chi connectivity index (χ4v) is 4.05. The maximum atomic E-state index is 4.40. The summed E-state index contributed by atoms with van der Waals surface area (Å²) in [7, 11) is 0. The molecule has 20 heavy (non-hydrogen) atoms. The first-order valence-corrected chi connectivity index (χ1v) is 7.80. The van der Waals surface area contributed by atoms with Crippen molar-refractivity contribution in [2.24, 2.45) is 17.8 Å². The van der Waals surface area contributed by atoms with Crippen molar-refractivity contribution in [3.63, 3.8) is 0 Å². The van der Waals surface area contributed by atoms with Crippen LogP contribution in [0.25, 0.3) is 0 Å². The molecule has 0 aromatic carbocycles. The minimum absolute atomic E-state index is 0.873. The number of hydrogen-bond donors (Lipinski definition) is 0. The van der Waals surface area contributed by atoms with E-state index in [1.165, 1.54) is 19.4 Å². The summed E-state index contributed by atoms with van der Waals surface area (Å²) in [4.78, 5) is 13.6. The fourth-order valence-electron chi connectivity index (χ4n) is 4.05. The Morgan fingerprint density at radius 1 is 1.05 bits per heavy atom. The van der Waals surface area contributed by atoms with Crippen LogP contribution in [-0.4, -0.2) is 47.6 Å². The van der Waals surface area contributed by atoms with Gasteiger partial charge in [0.15, 0.2) is 0 Å². The van der Waals surface area contributed by atoms with Gasteiger partial charge in [-0.1, -0.05) is 12.2 Å². The lowest BCUT2D eigenvalue weighted by Crippen LogP contribution is -2.48. The highest BCUT2D eigenvalue weighted by Crippen LogP contribution is 2.43. The summed E-state index contributed by atoms with van der Waals surface area (Å²) < 4.78 is 0. The summed E-state index contributed by atoms with van der Waals surface area (Å²) in [5, 5.41) is 0. The molecule has 4 nitrogen and oxygen atoms in total. The summed E-state index contributed by atoms with van der Waals surface area (Å²) in [6.07, 6.45) is 13.1. The number of allylic oxidation sites excluding steroid dienone is 2. The lowest BCUT2D eigenvalue weighted by molar-refractivity contribution is 0.204. The van der Waals surface area contributed by atoms with Crippen LogP contribution in [-0.2, 0) is 0 Å². The second kappa shape index (κ2) is 5.17. The molecule has 2 fully saturated rings. The number of hydrogen-bond acceptors (Lipinski definition) is 4. The molecule has 1 aromatic rings. The van der Waals surface area contributed by atoms with E-state index < -0.39 is 0 Å². The second-order valence-electron chi connectivity index (χ2n) is 6.39. The number of fused-ring (bicyclic) bond motifs is 2. The Labute approximate surface area is 120 Å². The van der Waals surface area contributed by atoms with Gasteiger partial charge in [0, 0.05) is 45.1 Å². The summed E-state index contributed by atoms with van der Waals surface area (Å²) in [6.45, 7) is 5.77. The summed E-state index contributed by atoms with van der Waals surface area (Å²) in [5.41, 5.74) is 0. The largest absolute Gasteiger partial charge is 0.353 e.